The Bertz CT molecular complexity index is 1060. The molecule has 2 N–H and O–H groups in total. The van der Waals surface area contributed by atoms with Crippen LogP contribution >= 0.6 is 0 Å². The summed E-state index contributed by atoms with van der Waals surface area (Å²) in [4.78, 5) is 33.2. The predicted molar refractivity (Wildman–Crippen MR) is 115 cm³/mol. The van der Waals surface area contributed by atoms with E-state index in [0.717, 1.165) is 17.5 Å². The van der Waals surface area contributed by atoms with E-state index in [2.05, 4.69) is 30.4 Å². The summed E-state index contributed by atoms with van der Waals surface area (Å²) in [6, 6.07) is 19.0. The van der Waals surface area contributed by atoms with Gasteiger partial charge >= 0.3 is 0 Å². The van der Waals surface area contributed by atoms with Crippen molar-refractivity contribution in [2.75, 3.05) is 0 Å². The van der Waals surface area contributed by atoms with E-state index in [1.807, 2.05) is 60.7 Å². The minimum absolute atomic E-state index is 0.0799. The summed E-state index contributed by atoms with van der Waals surface area (Å²) >= 11 is 0. The van der Waals surface area contributed by atoms with E-state index in [1.54, 1.807) is 0 Å². The number of benzene rings is 2. The number of carbonyl (C=O) groups is 2. The van der Waals surface area contributed by atoms with Crippen LogP contribution in [0.2, 0.25) is 0 Å². The van der Waals surface area contributed by atoms with Gasteiger partial charge in [0.2, 0.25) is 0 Å². The van der Waals surface area contributed by atoms with E-state index in [9.17, 15) is 9.59 Å². The largest absolute Gasteiger partial charge is 0.291 e. The molecule has 0 bridgehead atoms. The molecule has 0 atom stereocenters. The number of rotatable bonds is 10. The molecule has 4 aromatic rings. The molecule has 2 heterocycles. The number of nitrogens with one attached hydrogen (secondary N) is 2. The van der Waals surface area contributed by atoms with Gasteiger partial charge in [-0.25, -0.2) is 9.97 Å². The number of carbonyl (C=O) groups excluding carboxylic acids is 2. The lowest BCUT2D eigenvalue weighted by atomic mass is 10.1. The van der Waals surface area contributed by atoms with E-state index in [-0.39, 0.29) is 23.2 Å². The van der Waals surface area contributed by atoms with E-state index in [1.165, 1.54) is 0 Å². The molecule has 0 unspecified atom stereocenters. The van der Waals surface area contributed by atoms with Crippen LogP contribution in [0.3, 0.4) is 0 Å². The van der Waals surface area contributed by atoms with Crippen LogP contribution in [-0.2, 0) is 0 Å². The topological polar surface area (TPSA) is 117 Å². The van der Waals surface area contributed by atoms with Gasteiger partial charge in [-0.1, -0.05) is 67.1 Å². The molecule has 8 nitrogen and oxygen atoms in total. The number of aromatic nitrogens is 6. The molecule has 4 rings (SSSR count). The van der Waals surface area contributed by atoms with Gasteiger partial charge in [0.25, 0.3) is 0 Å². The fraction of sp³-hybridized carbons (Fsp3) is 0.217. The van der Waals surface area contributed by atoms with Crippen LogP contribution in [0.5, 0.6) is 0 Å². The van der Waals surface area contributed by atoms with Gasteiger partial charge in [0.1, 0.15) is 0 Å². The third kappa shape index (κ3) is 5.16. The maximum Gasteiger partial charge on any atom is 0.199 e. The molecule has 31 heavy (non-hydrogen) atoms. The second kappa shape index (κ2) is 9.71. The molecular weight excluding hydrogens is 392 g/mol. The molecule has 0 aliphatic rings. The molecule has 0 amide bonds. The normalized spacial score (nSPS) is 10.8. The zero-order valence-electron chi connectivity index (χ0n) is 16.9. The monoisotopic (exact) mass is 414 g/mol. The third-order valence-electron chi connectivity index (χ3n) is 4.87. The number of nitrogens with zero attached hydrogens (tertiary/aromatic N) is 4. The summed E-state index contributed by atoms with van der Waals surface area (Å²) < 4.78 is 0. The first-order chi connectivity index (χ1) is 15.2. The van der Waals surface area contributed by atoms with Gasteiger partial charge in [-0.05, 0) is 12.8 Å². The van der Waals surface area contributed by atoms with Crippen molar-refractivity contribution in [3.63, 3.8) is 0 Å². The number of Topliss-reactive ketones (excluding diaryl/α,β-unsaturated/α-hetero) is 2. The van der Waals surface area contributed by atoms with Crippen LogP contribution in [0.4, 0.5) is 0 Å². The Kier molecular flexibility index (Phi) is 6.37. The predicted octanol–water partition coefficient (Wildman–Crippen LogP) is 4.27. The second-order valence-electron chi connectivity index (χ2n) is 7.15. The molecule has 0 aliphatic carbocycles. The van der Waals surface area contributed by atoms with Gasteiger partial charge in [0, 0.05) is 24.0 Å². The summed E-state index contributed by atoms with van der Waals surface area (Å²) in [5.74, 6) is 1.40. The van der Waals surface area contributed by atoms with Gasteiger partial charge in [-0.15, -0.1) is 0 Å². The smallest absolute Gasteiger partial charge is 0.199 e. The molecule has 0 aliphatic heterocycles. The van der Waals surface area contributed by atoms with E-state index >= 15 is 0 Å². The number of unbranched alkanes of at least 4 members (excludes halogenated alkanes) is 2. The average molecular weight is 414 g/mol. The van der Waals surface area contributed by atoms with E-state index < -0.39 is 0 Å². The van der Waals surface area contributed by atoms with Crippen LogP contribution < -0.4 is 0 Å². The van der Waals surface area contributed by atoms with Crippen LogP contribution in [-0.4, -0.2) is 41.9 Å². The molecule has 0 saturated heterocycles. The summed E-state index contributed by atoms with van der Waals surface area (Å²) in [6.45, 7) is 0. The maximum atomic E-state index is 12.3. The Morgan fingerprint density at radius 2 is 1.03 bits per heavy atom. The Hall–Kier alpha value is -3.94. The highest BCUT2D eigenvalue weighted by molar-refractivity contribution is 5.93. The number of ketones is 2. The van der Waals surface area contributed by atoms with Crippen LogP contribution in [0.25, 0.3) is 22.8 Å². The molecule has 2 aromatic heterocycles. The Morgan fingerprint density at radius 1 is 0.613 bits per heavy atom. The van der Waals surface area contributed by atoms with Gasteiger partial charge in [0.05, 0.1) is 0 Å². The van der Waals surface area contributed by atoms with Crippen molar-refractivity contribution in [3.05, 3.63) is 72.3 Å². The Labute approximate surface area is 179 Å². The minimum atomic E-state index is -0.0799. The summed E-state index contributed by atoms with van der Waals surface area (Å²) in [5, 5.41) is 13.7. The molecule has 156 valence electrons. The first-order valence-electron chi connectivity index (χ1n) is 10.2. The first kappa shape index (κ1) is 20.3. The SMILES string of the molecule is O=C(CCCCCC(=O)c1nc(-c2ccccc2)n[nH]1)c1nc(-c2ccccc2)n[nH]1. The highest BCUT2D eigenvalue weighted by atomic mass is 16.1. The van der Waals surface area contributed by atoms with Gasteiger partial charge < -0.3 is 0 Å². The molecule has 8 heteroatoms. The number of H-pyrrole nitrogens is 2. The zero-order valence-corrected chi connectivity index (χ0v) is 16.9. The summed E-state index contributed by atoms with van der Waals surface area (Å²) in [6.07, 6.45) is 2.84. The fourth-order valence-corrected chi connectivity index (χ4v) is 3.19. The lowest BCUT2D eigenvalue weighted by Gasteiger charge is -1.99. The lowest BCUT2D eigenvalue weighted by molar-refractivity contribution is 0.0968. The lowest BCUT2D eigenvalue weighted by Crippen LogP contribution is -2.03. The minimum Gasteiger partial charge on any atom is -0.291 e. The average Bonchev–Trinajstić information content (AvgIpc) is 3.50. The Morgan fingerprint density at radius 3 is 1.45 bits per heavy atom. The summed E-state index contributed by atoms with van der Waals surface area (Å²) in [7, 11) is 0. The van der Waals surface area contributed by atoms with Crippen LogP contribution in [0.15, 0.2) is 60.7 Å². The standard InChI is InChI=1S/C23H22N6O2/c30-18(22-24-20(26-28-22)16-10-4-1-5-11-16)14-8-3-9-15-19(31)23-25-21(27-29-23)17-12-6-2-7-13-17/h1-2,4-7,10-13H,3,8-9,14-15H2,(H,24,26,28)(H,25,27,29). The van der Waals surface area contributed by atoms with Crippen molar-refractivity contribution in [1.82, 2.24) is 30.4 Å². The highest BCUT2D eigenvalue weighted by Crippen LogP contribution is 2.16. The van der Waals surface area contributed by atoms with Gasteiger partial charge in [0.15, 0.2) is 34.9 Å². The molecule has 0 spiro atoms. The van der Waals surface area contributed by atoms with Crippen molar-refractivity contribution in [1.29, 1.82) is 0 Å². The molecule has 0 saturated carbocycles. The zero-order chi connectivity index (χ0) is 21.5. The number of hydrogen-bond acceptors (Lipinski definition) is 6. The molecule has 2 aromatic carbocycles. The first-order valence-corrected chi connectivity index (χ1v) is 10.2. The maximum absolute atomic E-state index is 12.3. The number of aromatic amines is 2. The van der Waals surface area contributed by atoms with E-state index in [4.69, 9.17) is 0 Å². The van der Waals surface area contributed by atoms with Crippen molar-refractivity contribution < 1.29 is 9.59 Å². The summed E-state index contributed by atoms with van der Waals surface area (Å²) in [5.41, 5.74) is 1.72. The fourth-order valence-electron chi connectivity index (χ4n) is 3.19. The van der Waals surface area contributed by atoms with Crippen molar-refractivity contribution in [3.8, 4) is 22.8 Å². The van der Waals surface area contributed by atoms with Crippen molar-refractivity contribution >= 4 is 11.6 Å². The quantitative estimate of drug-likeness (QED) is 0.295. The van der Waals surface area contributed by atoms with Crippen molar-refractivity contribution in [2.45, 2.75) is 32.1 Å². The number of hydrogen-bond donors (Lipinski definition) is 2. The van der Waals surface area contributed by atoms with Gasteiger partial charge in [-0.2, -0.15) is 10.2 Å². The molecular formula is C23H22N6O2. The van der Waals surface area contributed by atoms with E-state index in [0.29, 0.717) is 37.3 Å². The Balaban J connectivity index is 1.20. The van der Waals surface area contributed by atoms with Gasteiger partial charge in [-0.3, -0.25) is 19.8 Å². The molecule has 0 fully saturated rings. The third-order valence-corrected chi connectivity index (χ3v) is 4.87. The van der Waals surface area contributed by atoms with Crippen LogP contribution in [0.1, 0.15) is 53.3 Å². The van der Waals surface area contributed by atoms with Crippen molar-refractivity contribution in [2.24, 2.45) is 0 Å². The van der Waals surface area contributed by atoms with Crippen LogP contribution in [0, 0.1) is 0 Å². The molecule has 0 radical (unpaired) electrons. The second-order valence-corrected chi connectivity index (χ2v) is 7.15. The highest BCUT2D eigenvalue weighted by Gasteiger charge is 2.14.